The summed E-state index contributed by atoms with van der Waals surface area (Å²) >= 11 is 2.86. The van der Waals surface area contributed by atoms with Gasteiger partial charge in [0.1, 0.15) is 0 Å². The number of aryl methyl sites for hydroxylation is 2. The number of fused-ring (bicyclic) bond motifs is 2. The first-order valence-corrected chi connectivity index (χ1v) is 14.5. The maximum atomic E-state index is 14.1. The van der Waals surface area contributed by atoms with Gasteiger partial charge in [0.05, 0.1) is 0 Å². The van der Waals surface area contributed by atoms with E-state index in [0.717, 1.165) is 45.3 Å². The van der Waals surface area contributed by atoms with Crippen molar-refractivity contribution in [3.8, 4) is 0 Å². The molecule has 0 bridgehead atoms. The molecule has 0 fully saturated rings. The van der Waals surface area contributed by atoms with E-state index in [1.807, 2.05) is 48.5 Å². The number of benzene rings is 4. The molecule has 0 spiro atoms. The number of nitrogen functional groups attached to an aromatic ring is 2. The summed E-state index contributed by atoms with van der Waals surface area (Å²) in [6.07, 6.45) is 4.02. The summed E-state index contributed by atoms with van der Waals surface area (Å²) < 4.78 is 0. The molecule has 0 heterocycles. The van der Waals surface area contributed by atoms with Gasteiger partial charge >= 0.3 is 0 Å². The molecule has 5 rings (SSSR count). The van der Waals surface area contributed by atoms with Crippen molar-refractivity contribution in [1.29, 1.82) is 0 Å². The SMILES string of the molecule is CCCc1ccc(Sc2cccc3c2C(=O)c2c(Sc4ccc(CCC)cc4N)cccc2C3=O)c(N)c1. The Kier molecular flexibility index (Phi) is 7.63. The van der Waals surface area contributed by atoms with Gasteiger partial charge in [-0.25, -0.2) is 0 Å². The second kappa shape index (κ2) is 11.1. The normalized spacial score (nSPS) is 12.4. The molecule has 0 radical (unpaired) electrons. The molecule has 1 aliphatic rings. The minimum Gasteiger partial charge on any atom is -0.398 e. The van der Waals surface area contributed by atoms with E-state index in [1.165, 1.54) is 34.7 Å². The molecule has 192 valence electrons. The molecule has 38 heavy (non-hydrogen) atoms. The van der Waals surface area contributed by atoms with Crippen LogP contribution in [0.25, 0.3) is 0 Å². The summed E-state index contributed by atoms with van der Waals surface area (Å²) in [7, 11) is 0. The van der Waals surface area contributed by atoms with Crippen molar-refractivity contribution in [2.24, 2.45) is 0 Å². The lowest BCUT2D eigenvalue weighted by molar-refractivity contribution is 0.0974. The largest absolute Gasteiger partial charge is 0.398 e. The average molecular weight is 539 g/mol. The second-order valence-electron chi connectivity index (χ2n) is 9.46. The van der Waals surface area contributed by atoms with Crippen LogP contribution in [0.15, 0.2) is 92.4 Å². The Morgan fingerprint density at radius 3 is 1.42 bits per heavy atom. The number of hydrogen-bond acceptors (Lipinski definition) is 6. The van der Waals surface area contributed by atoms with Crippen molar-refractivity contribution < 1.29 is 9.59 Å². The summed E-state index contributed by atoms with van der Waals surface area (Å²) in [6, 6.07) is 23.0. The average Bonchev–Trinajstić information content (AvgIpc) is 2.90. The Labute approximate surface area is 232 Å². The molecule has 4 N–H and O–H groups in total. The summed E-state index contributed by atoms with van der Waals surface area (Å²) in [4.78, 5) is 30.9. The van der Waals surface area contributed by atoms with E-state index in [-0.39, 0.29) is 11.6 Å². The first kappa shape index (κ1) is 26.1. The zero-order chi connectivity index (χ0) is 26.8. The van der Waals surface area contributed by atoms with Crippen LogP contribution in [0.4, 0.5) is 11.4 Å². The number of hydrogen-bond donors (Lipinski definition) is 2. The number of carbonyl (C=O) groups excluding carboxylic acids is 2. The molecule has 0 saturated carbocycles. The Morgan fingerprint density at radius 1 is 0.579 bits per heavy atom. The highest BCUT2D eigenvalue weighted by atomic mass is 32.2. The molecule has 0 unspecified atom stereocenters. The van der Waals surface area contributed by atoms with Crippen LogP contribution in [-0.4, -0.2) is 11.6 Å². The van der Waals surface area contributed by atoms with Crippen molar-refractivity contribution in [3.05, 3.63) is 106 Å². The molecule has 4 nitrogen and oxygen atoms in total. The molecule has 0 aromatic heterocycles. The molecule has 0 aliphatic heterocycles. The third-order valence-corrected chi connectivity index (χ3v) is 8.97. The maximum Gasteiger partial charge on any atom is 0.196 e. The minimum absolute atomic E-state index is 0.142. The molecule has 0 atom stereocenters. The Hall–Kier alpha value is -3.48. The second-order valence-corrected chi connectivity index (χ2v) is 11.6. The summed E-state index contributed by atoms with van der Waals surface area (Å²) in [5.41, 5.74) is 18.2. The maximum absolute atomic E-state index is 14.1. The lowest BCUT2D eigenvalue weighted by Gasteiger charge is -2.22. The van der Waals surface area contributed by atoms with Gasteiger partial charge in [-0.2, -0.15) is 0 Å². The van der Waals surface area contributed by atoms with Crippen molar-refractivity contribution in [2.75, 3.05) is 11.5 Å². The van der Waals surface area contributed by atoms with E-state index in [4.69, 9.17) is 11.5 Å². The van der Waals surface area contributed by atoms with E-state index in [2.05, 4.69) is 26.0 Å². The molecule has 0 saturated heterocycles. The van der Waals surface area contributed by atoms with Gasteiger partial charge in [-0.05, 0) is 60.4 Å². The fourth-order valence-corrected chi connectivity index (χ4v) is 6.86. The van der Waals surface area contributed by atoms with Crippen molar-refractivity contribution in [2.45, 2.75) is 59.1 Å². The smallest absolute Gasteiger partial charge is 0.196 e. The fraction of sp³-hybridized carbons (Fsp3) is 0.188. The quantitative estimate of drug-likeness (QED) is 0.196. The number of carbonyl (C=O) groups is 2. The fourth-order valence-electron chi connectivity index (χ4n) is 4.86. The van der Waals surface area contributed by atoms with E-state index < -0.39 is 0 Å². The molecular formula is C32H30N2O2S2. The van der Waals surface area contributed by atoms with Gasteiger partial charge < -0.3 is 11.5 Å². The van der Waals surface area contributed by atoms with Crippen LogP contribution in [0.5, 0.6) is 0 Å². The predicted molar refractivity (Wildman–Crippen MR) is 158 cm³/mol. The lowest BCUT2D eigenvalue weighted by atomic mass is 9.84. The van der Waals surface area contributed by atoms with Gasteiger partial charge in [-0.3, -0.25) is 9.59 Å². The van der Waals surface area contributed by atoms with E-state index >= 15 is 0 Å². The topological polar surface area (TPSA) is 86.2 Å². The number of rotatable bonds is 8. The summed E-state index contributed by atoms with van der Waals surface area (Å²) in [5, 5.41) is 0. The Morgan fingerprint density at radius 2 is 1.03 bits per heavy atom. The van der Waals surface area contributed by atoms with Crippen molar-refractivity contribution >= 4 is 46.5 Å². The predicted octanol–water partition coefficient (Wildman–Crippen LogP) is 7.83. The molecule has 0 amide bonds. The van der Waals surface area contributed by atoms with Gasteiger partial charge in [0.15, 0.2) is 11.6 Å². The van der Waals surface area contributed by atoms with Gasteiger partial charge in [-0.1, -0.05) is 86.6 Å². The standard InChI is InChI=1S/C32H30N2O2S2/c1-3-7-19-13-15-25(23(33)17-19)37-27-11-5-9-21-29(27)32(36)30-22(31(21)35)10-6-12-28(30)38-26-16-14-20(8-4-2)18-24(26)34/h5-6,9-18H,3-4,7-8,33-34H2,1-2H3. The van der Waals surface area contributed by atoms with E-state index in [9.17, 15) is 9.59 Å². The molecule has 6 heteroatoms. The highest BCUT2D eigenvalue weighted by molar-refractivity contribution is 8.00. The van der Waals surface area contributed by atoms with Crippen LogP contribution in [0.3, 0.4) is 0 Å². The molecule has 1 aliphatic carbocycles. The first-order valence-electron chi connectivity index (χ1n) is 12.9. The first-order chi connectivity index (χ1) is 18.4. The highest BCUT2D eigenvalue weighted by Crippen LogP contribution is 2.43. The monoisotopic (exact) mass is 538 g/mol. The van der Waals surface area contributed by atoms with Gasteiger partial charge in [0.25, 0.3) is 0 Å². The molecular weight excluding hydrogens is 508 g/mol. The highest BCUT2D eigenvalue weighted by Gasteiger charge is 2.34. The zero-order valence-electron chi connectivity index (χ0n) is 21.5. The Balaban J connectivity index is 1.53. The van der Waals surface area contributed by atoms with Crippen molar-refractivity contribution in [3.63, 3.8) is 0 Å². The van der Waals surface area contributed by atoms with Crippen LogP contribution >= 0.6 is 23.5 Å². The number of anilines is 2. The summed E-state index contributed by atoms with van der Waals surface area (Å²) in [5.74, 6) is -0.291. The van der Waals surface area contributed by atoms with Gasteiger partial charge in [0, 0.05) is 53.2 Å². The number of nitrogens with two attached hydrogens (primary N) is 2. The van der Waals surface area contributed by atoms with Crippen LogP contribution < -0.4 is 11.5 Å². The zero-order valence-corrected chi connectivity index (χ0v) is 23.2. The molecule has 4 aromatic rings. The third kappa shape index (κ3) is 4.98. The van der Waals surface area contributed by atoms with Crippen LogP contribution in [0, 0.1) is 0 Å². The van der Waals surface area contributed by atoms with Crippen LogP contribution in [0.1, 0.15) is 69.7 Å². The van der Waals surface area contributed by atoms with Crippen molar-refractivity contribution in [1.82, 2.24) is 0 Å². The van der Waals surface area contributed by atoms with Gasteiger partial charge in [-0.15, -0.1) is 0 Å². The van der Waals surface area contributed by atoms with Crippen LogP contribution in [-0.2, 0) is 12.8 Å². The van der Waals surface area contributed by atoms with Crippen LogP contribution in [0.2, 0.25) is 0 Å². The molecule has 4 aromatic carbocycles. The lowest BCUT2D eigenvalue weighted by Crippen LogP contribution is -2.22. The van der Waals surface area contributed by atoms with Gasteiger partial charge in [0.2, 0.25) is 0 Å². The van der Waals surface area contributed by atoms with E-state index in [0.29, 0.717) is 33.6 Å². The van der Waals surface area contributed by atoms with E-state index in [1.54, 1.807) is 12.1 Å². The third-order valence-electron chi connectivity index (χ3n) is 6.66. The minimum atomic E-state index is -0.150. The number of ketones is 2. The summed E-state index contributed by atoms with van der Waals surface area (Å²) in [6.45, 7) is 4.27. The Bertz CT molecular complexity index is 1450.